The summed E-state index contributed by atoms with van der Waals surface area (Å²) < 4.78 is 0. The van der Waals surface area contributed by atoms with Crippen LogP contribution in [0.3, 0.4) is 0 Å². The number of hydrogen-bond acceptors (Lipinski definition) is 8. The predicted molar refractivity (Wildman–Crippen MR) is 92.7 cm³/mol. The molecule has 0 radical (unpaired) electrons. The molecule has 0 aliphatic heterocycles. The highest BCUT2D eigenvalue weighted by Gasteiger charge is 2.07. The van der Waals surface area contributed by atoms with Crippen molar-refractivity contribution in [1.29, 1.82) is 0 Å². The van der Waals surface area contributed by atoms with Gasteiger partial charge in [0.25, 0.3) is 11.5 Å². The molecule has 1 aromatic carbocycles. The summed E-state index contributed by atoms with van der Waals surface area (Å²) in [4.78, 5) is 38.1. The first kappa shape index (κ1) is 16.3. The van der Waals surface area contributed by atoms with Crippen LogP contribution in [0, 0.1) is 0 Å². The van der Waals surface area contributed by atoms with Crippen LogP contribution in [-0.4, -0.2) is 32.9 Å². The van der Waals surface area contributed by atoms with Crippen LogP contribution in [-0.2, 0) is 6.54 Å². The van der Waals surface area contributed by atoms with E-state index in [0.717, 1.165) is 5.69 Å². The Morgan fingerprint density at radius 2 is 2.00 bits per heavy atom. The first-order valence-electron chi connectivity index (χ1n) is 7.39. The van der Waals surface area contributed by atoms with Crippen molar-refractivity contribution in [1.82, 2.24) is 30.8 Å². The lowest BCUT2D eigenvalue weighted by atomic mass is 10.2. The van der Waals surface area contributed by atoms with Gasteiger partial charge >= 0.3 is 0 Å². The topological polar surface area (TPSA) is 151 Å². The minimum atomic E-state index is -0.434. The summed E-state index contributed by atoms with van der Waals surface area (Å²) in [7, 11) is 1.62. The van der Waals surface area contributed by atoms with Crippen molar-refractivity contribution in [3.05, 3.63) is 52.1 Å². The van der Waals surface area contributed by atoms with Crippen LogP contribution in [0.4, 0.5) is 11.6 Å². The summed E-state index contributed by atoms with van der Waals surface area (Å²) in [5.74, 6) is -0.222. The number of anilines is 2. The Morgan fingerprint density at radius 3 is 2.72 bits per heavy atom. The maximum absolute atomic E-state index is 11.8. The van der Waals surface area contributed by atoms with Gasteiger partial charge in [-0.25, -0.2) is 15.4 Å². The molecule has 0 fully saturated rings. The van der Waals surface area contributed by atoms with Crippen LogP contribution >= 0.6 is 0 Å². The molecule has 2 aromatic heterocycles. The summed E-state index contributed by atoms with van der Waals surface area (Å²) in [6, 6.07) is 6.93. The molecular formula is C15H16N8O2. The Morgan fingerprint density at radius 1 is 1.24 bits per heavy atom. The van der Waals surface area contributed by atoms with Crippen molar-refractivity contribution in [3.63, 3.8) is 0 Å². The van der Waals surface area contributed by atoms with Crippen molar-refractivity contribution in [2.75, 3.05) is 18.1 Å². The number of H-pyrrole nitrogens is 1. The second-order valence-electron chi connectivity index (χ2n) is 5.12. The number of nitrogens with one attached hydrogen (secondary N) is 4. The van der Waals surface area contributed by atoms with Crippen LogP contribution in [0.5, 0.6) is 0 Å². The van der Waals surface area contributed by atoms with E-state index < -0.39 is 5.56 Å². The van der Waals surface area contributed by atoms with Gasteiger partial charge in [-0.05, 0) is 24.3 Å². The van der Waals surface area contributed by atoms with E-state index in [0.29, 0.717) is 17.8 Å². The molecule has 2 heterocycles. The number of carbonyl (C=O) groups excluding carboxylic acids is 1. The summed E-state index contributed by atoms with van der Waals surface area (Å²) in [6.07, 6.45) is 1.52. The molecule has 0 bridgehead atoms. The van der Waals surface area contributed by atoms with Crippen molar-refractivity contribution < 1.29 is 4.79 Å². The van der Waals surface area contributed by atoms with E-state index >= 15 is 0 Å². The summed E-state index contributed by atoms with van der Waals surface area (Å²) in [6.45, 7) is 0.356. The quantitative estimate of drug-likeness (QED) is 0.400. The van der Waals surface area contributed by atoms with Gasteiger partial charge in [-0.1, -0.05) is 0 Å². The van der Waals surface area contributed by atoms with E-state index in [9.17, 15) is 9.59 Å². The molecular weight excluding hydrogens is 324 g/mol. The van der Waals surface area contributed by atoms with Gasteiger partial charge in [0.15, 0.2) is 11.2 Å². The maximum Gasteiger partial charge on any atom is 0.280 e. The lowest BCUT2D eigenvalue weighted by Crippen LogP contribution is -2.34. The van der Waals surface area contributed by atoms with Crippen molar-refractivity contribution in [3.8, 4) is 0 Å². The zero-order chi connectivity index (χ0) is 17.8. The summed E-state index contributed by atoms with van der Waals surface area (Å²) in [5.41, 5.74) is 12.3. The number of hydrazine groups is 1. The Bertz CT molecular complexity index is 967. The summed E-state index contributed by atoms with van der Waals surface area (Å²) in [5, 5.41) is 3.15. The number of rotatable bonds is 5. The molecule has 0 spiro atoms. The molecule has 10 heteroatoms. The molecule has 0 aliphatic carbocycles. The van der Waals surface area contributed by atoms with Gasteiger partial charge in [0.05, 0.1) is 18.4 Å². The van der Waals surface area contributed by atoms with E-state index in [1.165, 1.54) is 6.20 Å². The highest BCUT2D eigenvalue weighted by molar-refractivity contribution is 5.94. The van der Waals surface area contributed by atoms with Gasteiger partial charge in [-0.3, -0.25) is 20.0 Å². The summed E-state index contributed by atoms with van der Waals surface area (Å²) >= 11 is 0. The molecule has 10 nitrogen and oxygen atoms in total. The smallest absolute Gasteiger partial charge is 0.280 e. The molecule has 3 rings (SSSR count). The largest absolute Gasteiger partial charge is 0.379 e. The molecule has 6 N–H and O–H groups in total. The number of aromatic nitrogens is 4. The van der Waals surface area contributed by atoms with Crippen LogP contribution in [0.15, 0.2) is 35.3 Å². The number of aromatic amines is 1. The molecule has 0 saturated heterocycles. The molecule has 25 heavy (non-hydrogen) atoms. The number of benzene rings is 1. The Kier molecular flexibility index (Phi) is 4.53. The molecule has 128 valence electrons. The number of nitrogens with zero attached hydrogens (tertiary/aromatic N) is 3. The zero-order valence-electron chi connectivity index (χ0n) is 13.3. The highest BCUT2D eigenvalue weighted by atomic mass is 16.2. The lowest BCUT2D eigenvalue weighted by Gasteiger charge is -2.08. The van der Waals surface area contributed by atoms with Crippen molar-refractivity contribution in [2.24, 2.45) is 0 Å². The molecule has 0 saturated carbocycles. The fourth-order valence-electron chi connectivity index (χ4n) is 2.17. The van der Waals surface area contributed by atoms with Gasteiger partial charge in [0, 0.05) is 18.3 Å². The molecule has 0 atom stereocenters. The van der Waals surface area contributed by atoms with Crippen LogP contribution in [0.1, 0.15) is 16.1 Å². The molecule has 0 unspecified atom stereocenters. The molecule has 3 aromatic rings. The van der Waals surface area contributed by atoms with E-state index in [1.807, 2.05) is 0 Å². The van der Waals surface area contributed by atoms with E-state index in [4.69, 9.17) is 5.73 Å². The number of fused-ring (bicyclic) bond motifs is 1. The minimum absolute atomic E-state index is 0.0000692. The van der Waals surface area contributed by atoms with Crippen LogP contribution < -0.4 is 27.5 Å². The standard InChI is InChI=1S/C15H16N8O2/c1-17-23-13(24)8-2-4-9(5-3-8)18-6-10-7-19-12-11(20-10)14(25)22-15(16)21-12/h2-5,7,17-18H,6H2,1H3,(H,23,24)(H3,16,19,21,22,25). The normalized spacial score (nSPS) is 10.6. The SMILES string of the molecule is CNNC(=O)c1ccc(NCc2cnc3nc(N)[nH]c(=O)c3n2)cc1. The molecule has 1 amide bonds. The van der Waals surface area contributed by atoms with Gasteiger partial charge in [0.2, 0.25) is 5.95 Å². The first-order valence-corrected chi connectivity index (χ1v) is 7.39. The number of carbonyl (C=O) groups is 1. The van der Waals surface area contributed by atoms with E-state index in [-0.39, 0.29) is 23.0 Å². The van der Waals surface area contributed by atoms with Crippen LogP contribution in [0.2, 0.25) is 0 Å². The maximum atomic E-state index is 11.8. The third-order valence-corrected chi connectivity index (χ3v) is 3.35. The predicted octanol–water partition coefficient (Wildman–Crippen LogP) is -0.228. The van der Waals surface area contributed by atoms with Crippen molar-refractivity contribution >= 4 is 28.7 Å². The number of nitrogens with two attached hydrogens (primary N) is 1. The number of amides is 1. The monoisotopic (exact) mass is 340 g/mol. The Hall–Kier alpha value is -3.53. The van der Waals surface area contributed by atoms with E-state index in [2.05, 4.69) is 36.1 Å². The van der Waals surface area contributed by atoms with Crippen LogP contribution in [0.25, 0.3) is 11.2 Å². The second-order valence-corrected chi connectivity index (χ2v) is 5.12. The lowest BCUT2D eigenvalue weighted by molar-refractivity contribution is 0.0938. The Labute approximate surface area is 141 Å². The Balaban J connectivity index is 1.72. The number of hydrogen-bond donors (Lipinski definition) is 5. The zero-order valence-corrected chi connectivity index (χ0v) is 13.3. The third kappa shape index (κ3) is 3.70. The third-order valence-electron chi connectivity index (χ3n) is 3.35. The van der Waals surface area contributed by atoms with Crippen molar-refractivity contribution in [2.45, 2.75) is 6.54 Å². The minimum Gasteiger partial charge on any atom is -0.379 e. The van der Waals surface area contributed by atoms with Gasteiger partial charge in [-0.15, -0.1) is 0 Å². The first-order chi connectivity index (χ1) is 12.1. The average molecular weight is 340 g/mol. The fourth-order valence-corrected chi connectivity index (χ4v) is 2.17. The van der Waals surface area contributed by atoms with Gasteiger partial charge < -0.3 is 11.1 Å². The van der Waals surface area contributed by atoms with E-state index in [1.54, 1.807) is 31.3 Å². The molecule has 0 aliphatic rings. The number of nitrogen functional groups attached to an aromatic ring is 1. The highest BCUT2D eigenvalue weighted by Crippen LogP contribution is 2.11. The van der Waals surface area contributed by atoms with Gasteiger partial charge in [0.1, 0.15) is 0 Å². The second kappa shape index (κ2) is 6.93. The fraction of sp³-hybridized carbons (Fsp3) is 0.133. The average Bonchev–Trinajstić information content (AvgIpc) is 2.61. The van der Waals surface area contributed by atoms with Gasteiger partial charge in [-0.2, -0.15) is 4.98 Å².